The second kappa shape index (κ2) is 9.50. The molecule has 0 saturated heterocycles. The molecule has 8 heteroatoms. The summed E-state index contributed by atoms with van der Waals surface area (Å²) in [4.78, 5) is 5.71. The maximum Gasteiger partial charge on any atom is 0.390 e. The van der Waals surface area contributed by atoms with Gasteiger partial charge in [-0.3, -0.25) is 4.99 Å². The highest BCUT2D eigenvalue weighted by molar-refractivity contribution is 6.30. The average molecular weight is 352 g/mol. The van der Waals surface area contributed by atoms with Crippen molar-refractivity contribution in [2.24, 2.45) is 4.99 Å². The standard InChI is InChI=1S/C15H21ClF3N3O/c1-3-20-14(21-9-8-15(17,18)19)22(2)10-11-23-13-6-4-12(16)5-7-13/h4-7H,3,8-11H2,1-2H3,(H,20,21). The first kappa shape index (κ1) is 19.4. The second-order valence-electron chi connectivity index (χ2n) is 4.82. The van der Waals surface area contributed by atoms with Crippen LogP contribution in [0, 0.1) is 0 Å². The number of ether oxygens (including phenoxy) is 1. The van der Waals surface area contributed by atoms with Crippen LogP contribution in [-0.4, -0.2) is 50.3 Å². The van der Waals surface area contributed by atoms with Crippen molar-refractivity contribution >= 4 is 17.6 Å². The Kier molecular flexibility index (Phi) is 8.02. The third-order valence-electron chi connectivity index (χ3n) is 2.86. The van der Waals surface area contributed by atoms with E-state index < -0.39 is 12.6 Å². The molecule has 1 aromatic rings. The van der Waals surface area contributed by atoms with Gasteiger partial charge < -0.3 is 15.0 Å². The summed E-state index contributed by atoms with van der Waals surface area (Å²) in [6.07, 6.45) is -5.13. The molecule has 130 valence electrons. The quantitative estimate of drug-likeness (QED) is 0.602. The van der Waals surface area contributed by atoms with Gasteiger partial charge in [-0.2, -0.15) is 13.2 Å². The van der Waals surface area contributed by atoms with Gasteiger partial charge in [-0.15, -0.1) is 0 Å². The lowest BCUT2D eigenvalue weighted by Crippen LogP contribution is -2.41. The molecule has 0 radical (unpaired) electrons. The summed E-state index contributed by atoms with van der Waals surface area (Å²) in [6.45, 7) is 3.00. The first-order valence-corrected chi connectivity index (χ1v) is 7.64. The van der Waals surface area contributed by atoms with Gasteiger partial charge in [-0.25, -0.2) is 0 Å². The summed E-state index contributed by atoms with van der Waals surface area (Å²) in [5.41, 5.74) is 0. The van der Waals surface area contributed by atoms with E-state index in [1.165, 1.54) is 0 Å². The van der Waals surface area contributed by atoms with Gasteiger partial charge >= 0.3 is 6.18 Å². The molecule has 0 spiro atoms. The molecule has 0 bridgehead atoms. The monoisotopic (exact) mass is 351 g/mol. The largest absolute Gasteiger partial charge is 0.492 e. The minimum Gasteiger partial charge on any atom is -0.492 e. The lowest BCUT2D eigenvalue weighted by atomic mass is 10.3. The molecule has 0 heterocycles. The highest BCUT2D eigenvalue weighted by Crippen LogP contribution is 2.19. The van der Waals surface area contributed by atoms with Crippen molar-refractivity contribution in [1.29, 1.82) is 0 Å². The molecule has 0 amide bonds. The Morgan fingerprint density at radius 3 is 2.52 bits per heavy atom. The molecular weight excluding hydrogens is 331 g/mol. The zero-order valence-electron chi connectivity index (χ0n) is 13.2. The number of guanidine groups is 1. The molecule has 1 rings (SSSR count). The number of alkyl halides is 3. The summed E-state index contributed by atoms with van der Waals surface area (Å²) >= 11 is 5.79. The van der Waals surface area contributed by atoms with Crippen molar-refractivity contribution in [3.63, 3.8) is 0 Å². The minimum atomic E-state index is -4.20. The topological polar surface area (TPSA) is 36.9 Å². The number of aliphatic imine (C=N–C) groups is 1. The van der Waals surface area contributed by atoms with E-state index in [1.54, 1.807) is 36.2 Å². The van der Waals surface area contributed by atoms with E-state index in [1.807, 2.05) is 6.92 Å². The van der Waals surface area contributed by atoms with Gasteiger partial charge in [-0.05, 0) is 31.2 Å². The van der Waals surface area contributed by atoms with E-state index in [2.05, 4.69) is 10.3 Å². The van der Waals surface area contributed by atoms with Crippen LogP contribution < -0.4 is 10.1 Å². The molecule has 0 aromatic heterocycles. The minimum absolute atomic E-state index is 0.297. The highest BCUT2D eigenvalue weighted by Gasteiger charge is 2.26. The summed E-state index contributed by atoms with van der Waals surface area (Å²) in [5, 5.41) is 3.59. The Balaban J connectivity index is 2.45. The molecule has 1 aromatic carbocycles. The maximum absolute atomic E-state index is 12.2. The van der Waals surface area contributed by atoms with Gasteiger partial charge in [0.2, 0.25) is 0 Å². The van der Waals surface area contributed by atoms with Crippen molar-refractivity contribution in [1.82, 2.24) is 10.2 Å². The maximum atomic E-state index is 12.2. The number of nitrogens with zero attached hydrogens (tertiary/aromatic N) is 2. The van der Waals surface area contributed by atoms with E-state index in [0.29, 0.717) is 36.4 Å². The molecule has 4 nitrogen and oxygen atoms in total. The molecule has 0 saturated carbocycles. The fourth-order valence-electron chi connectivity index (χ4n) is 1.70. The van der Waals surface area contributed by atoms with Crippen LogP contribution >= 0.6 is 11.6 Å². The Morgan fingerprint density at radius 1 is 1.30 bits per heavy atom. The Bertz CT molecular complexity index is 492. The van der Waals surface area contributed by atoms with Crippen LogP contribution in [-0.2, 0) is 0 Å². The van der Waals surface area contributed by atoms with Crippen molar-refractivity contribution in [3.05, 3.63) is 29.3 Å². The lowest BCUT2D eigenvalue weighted by Gasteiger charge is -2.22. The Labute approximate surface area is 139 Å². The molecule has 0 fully saturated rings. The van der Waals surface area contributed by atoms with Gasteiger partial charge in [0, 0.05) is 18.6 Å². The molecule has 0 aliphatic carbocycles. The molecule has 23 heavy (non-hydrogen) atoms. The number of hydrogen-bond acceptors (Lipinski definition) is 2. The molecule has 0 aliphatic heterocycles. The van der Waals surface area contributed by atoms with E-state index in [9.17, 15) is 13.2 Å². The predicted octanol–water partition coefficient (Wildman–Crippen LogP) is 3.57. The first-order valence-electron chi connectivity index (χ1n) is 7.26. The smallest absolute Gasteiger partial charge is 0.390 e. The van der Waals surface area contributed by atoms with Gasteiger partial charge in [0.25, 0.3) is 0 Å². The average Bonchev–Trinajstić information content (AvgIpc) is 2.47. The fraction of sp³-hybridized carbons (Fsp3) is 0.533. The zero-order valence-corrected chi connectivity index (χ0v) is 13.9. The normalized spacial score (nSPS) is 12.2. The number of rotatable bonds is 7. The van der Waals surface area contributed by atoms with Gasteiger partial charge in [0.05, 0.1) is 19.5 Å². The fourth-order valence-corrected chi connectivity index (χ4v) is 1.82. The van der Waals surface area contributed by atoms with Crippen LogP contribution in [0.3, 0.4) is 0 Å². The number of likely N-dealkylation sites (N-methyl/N-ethyl adjacent to an activating group) is 1. The van der Waals surface area contributed by atoms with E-state index in [-0.39, 0.29) is 6.54 Å². The molecule has 0 atom stereocenters. The van der Waals surface area contributed by atoms with Crippen LogP contribution in [0.15, 0.2) is 29.3 Å². The second-order valence-corrected chi connectivity index (χ2v) is 5.26. The van der Waals surface area contributed by atoms with Crippen molar-refractivity contribution in [3.8, 4) is 5.75 Å². The molecule has 0 unspecified atom stereocenters. The summed E-state index contributed by atoms with van der Waals surface area (Å²) in [5.74, 6) is 1.11. The number of hydrogen-bond donors (Lipinski definition) is 1. The molecule has 0 aliphatic rings. The van der Waals surface area contributed by atoms with E-state index in [4.69, 9.17) is 16.3 Å². The Hall–Kier alpha value is -1.63. The van der Waals surface area contributed by atoms with Crippen LogP contribution in [0.5, 0.6) is 5.75 Å². The van der Waals surface area contributed by atoms with Crippen LogP contribution in [0.25, 0.3) is 0 Å². The summed E-state index contributed by atoms with van der Waals surface area (Å²) in [6, 6.07) is 6.96. The molecular formula is C15H21ClF3N3O. The van der Waals surface area contributed by atoms with Crippen LogP contribution in [0.2, 0.25) is 5.02 Å². The Morgan fingerprint density at radius 2 is 1.96 bits per heavy atom. The summed E-state index contributed by atoms with van der Waals surface area (Å²) < 4.78 is 42.1. The summed E-state index contributed by atoms with van der Waals surface area (Å²) in [7, 11) is 1.75. The third kappa shape index (κ3) is 8.54. The van der Waals surface area contributed by atoms with Crippen LogP contribution in [0.1, 0.15) is 13.3 Å². The van der Waals surface area contributed by atoms with E-state index >= 15 is 0 Å². The number of benzene rings is 1. The van der Waals surface area contributed by atoms with Crippen LogP contribution in [0.4, 0.5) is 13.2 Å². The predicted molar refractivity (Wildman–Crippen MR) is 86.2 cm³/mol. The van der Waals surface area contributed by atoms with Crippen molar-refractivity contribution < 1.29 is 17.9 Å². The van der Waals surface area contributed by atoms with Crippen molar-refractivity contribution in [2.75, 3.05) is 33.3 Å². The number of nitrogens with one attached hydrogen (secondary N) is 1. The first-order chi connectivity index (χ1) is 10.8. The number of halogens is 4. The van der Waals surface area contributed by atoms with Crippen molar-refractivity contribution in [2.45, 2.75) is 19.5 Å². The third-order valence-corrected chi connectivity index (χ3v) is 3.11. The van der Waals surface area contributed by atoms with Gasteiger partial charge in [-0.1, -0.05) is 11.6 Å². The SMILES string of the molecule is CCNC(=NCCC(F)(F)F)N(C)CCOc1ccc(Cl)cc1. The lowest BCUT2D eigenvalue weighted by molar-refractivity contribution is -0.132. The highest BCUT2D eigenvalue weighted by atomic mass is 35.5. The van der Waals surface area contributed by atoms with Gasteiger partial charge in [0.1, 0.15) is 12.4 Å². The zero-order chi connectivity index (χ0) is 17.3. The molecule has 1 N–H and O–H groups in total. The van der Waals surface area contributed by atoms with E-state index in [0.717, 1.165) is 0 Å². The van der Waals surface area contributed by atoms with Gasteiger partial charge in [0.15, 0.2) is 5.96 Å².